The second-order valence-corrected chi connectivity index (χ2v) is 8.45. The summed E-state index contributed by atoms with van der Waals surface area (Å²) < 4.78 is 13.9. The van der Waals surface area contributed by atoms with Gasteiger partial charge in [0.15, 0.2) is 0 Å². The molecule has 0 saturated heterocycles. The summed E-state index contributed by atoms with van der Waals surface area (Å²) in [7, 11) is 0. The largest absolute Gasteiger partial charge is 0.352 e. The van der Waals surface area contributed by atoms with Crippen LogP contribution in [0.3, 0.4) is 0 Å². The van der Waals surface area contributed by atoms with Crippen LogP contribution >= 0.6 is 23.4 Å². The van der Waals surface area contributed by atoms with E-state index in [1.54, 1.807) is 36.4 Å². The molecule has 0 bridgehead atoms. The van der Waals surface area contributed by atoms with Crippen LogP contribution in [-0.2, 0) is 11.2 Å². The maximum atomic E-state index is 13.9. The molecule has 31 heavy (non-hydrogen) atoms. The molecular formula is C24H18ClFN2O2S. The van der Waals surface area contributed by atoms with E-state index in [9.17, 15) is 14.0 Å². The number of benzene rings is 3. The summed E-state index contributed by atoms with van der Waals surface area (Å²) in [5.74, 6) is -0.940. The summed E-state index contributed by atoms with van der Waals surface area (Å²) in [5.41, 5.74) is 2.44. The first-order valence-electron chi connectivity index (χ1n) is 9.62. The van der Waals surface area contributed by atoms with E-state index in [2.05, 4.69) is 10.6 Å². The smallest absolute Gasteiger partial charge is 0.262 e. The Kier molecular flexibility index (Phi) is 6.39. The molecular weight excluding hydrogens is 435 g/mol. The minimum Gasteiger partial charge on any atom is -0.352 e. The molecule has 4 rings (SSSR count). The van der Waals surface area contributed by atoms with Crippen molar-refractivity contribution in [2.45, 2.75) is 11.3 Å². The number of nitrogens with one attached hydrogen (secondary N) is 2. The minimum absolute atomic E-state index is 0.219. The van der Waals surface area contributed by atoms with Crippen molar-refractivity contribution in [1.29, 1.82) is 0 Å². The summed E-state index contributed by atoms with van der Waals surface area (Å²) >= 11 is 7.12. The zero-order valence-electron chi connectivity index (χ0n) is 16.3. The van der Waals surface area contributed by atoms with Gasteiger partial charge in [0, 0.05) is 27.6 Å². The lowest BCUT2D eigenvalue weighted by Crippen LogP contribution is -2.26. The third-order valence-electron chi connectivity index (χ3n) is 4.74. The fourth-order valence-corrected chi connectivity index (χ4v) is 4.16. The van der Waals surface area contributed by atoms with Gasteiger partial charge in [0.2, 0.25) is 0 Å². The molecule has 0 radical (unpaired) electrons. The number of amides is 2. The van der Waals surface area contributed by atoms with Gasteiger partial charge in [0.1, 0.15) is 5.82 Å². The van der Waals surface area contributed by atoms with Crippen LogP contribution in [0, 0.1) is 5.82 Å². The lowest BCUT2D eigenvalue weighted by molar-refractivity contribution is -0.112. The quantitative estimate of drug-likeness (QED) is 0.500. The van der Waals surface area contributed by atoms with Crippen LogP contribution in [0.1, 0.15) is 21.5 Å². The van der Waals surface area contributed by atoms with Gasteiger partial charge in [0.25, 0.3) is 11.8 Å². The van der Waals surface area contributed by atoms with E-state index in [0.717, 1.165) is 10.5 Å². The summed E-state index contributed by atoms with van der Waals surface area (Å²) in [6.45, 7) is 0.480. The monoisotopic (exact) mass is 452 g/mol. The molecule has 2 N–H and O–H groups in total. The van der Waals surface area contributed by atoms with E-state index < -0.39 is 0 Å². The number of anilines is 1. The number of carbonyl (C=O) groups excluding carboxylic acids is 2. The van der Waals surface area contributed by atoms with Crippen molar-refractivity contribution in [3.8, 4) is 0 Å². The average molecular weight is 453 g/mol. The Morgan fingerprint density at radius 3 is 2.65 bits per heavy atom. The lowest BCUT2D eigenvalue weighted by Gasteiger charge is -2.19. The molecule has 4 nitrogen and oxygen atoms in total. The Bertz CT molecular complexity index is 1180. The van der Waals surface area contributed by atoms with Gasteiger partial charge in [-0.3, -0.25) is 9.59 Å². The molecule has 1 aliphatic rings. The molecule has 3 aromatic rings. The molecule has 0 aliphatic carbocycles. The van der Waals surface area contributed by atoms with E-state index in [1.807, 2.05) is 24.3 Å². The Hall–Kier alpha value is -3.09. The second kappa shape index (κ2) is 9.37. The van der Waals surface area contributed by atoms with Crippen LogP contribution in [0.15, 0.2) is 76.5 Å². The molecule has 3 aromatic carbocycles. The summed E-state index contributed by atoms with van der Waals surface area (Å²) in [4.78, 5) is 26.1. The van der Waals surface area contributed by atoms with Crippen LogP contribution in [0.25, 0.3) is 6.08 Å². The van der Waals surface area contributed by atoms with Crippen molar-refractivity contribution < 1.29 is 14.0 Å². The first kappa shape index (κ1) is 21.2. The van der Waals surface area contributed by atoms with Crippen molar-refractivity contribution in [2.24, 2.45) is 0 Å². The van der Waals surface area contributed by atoms with Crippen molar-refractivity contribution in [3.05, 3.63) is 99.2 Å². The number of hydrogen-bond donors (Lipinski definition) is 2. The van der Waals surface area contributed by atoms with Gasteiger partial charge in [-0.05, 0) is 54.5 Å². The fraction of sp³-hybridized carbons (Fsp3) is 0.0833. The predicted octanol–water partition coefficient (Wildman–Crippen LogP) is 5.54. The van der Waals surface area contributed by atoms with Crippen molar-refractivity contribution in [2.75, 3.05) is 11.9 Å². The summed E-state index contributed by atoms with van der Waals surface area (Å²) in [5, 5.41) is 6.35. The van der Waals surface area contributed by atoms with Crippen LogP contribution in [-0.4, -0.2) is 18.4 Å². The third-order valence-corrected chi connectivity index (χ3v) is 6.09. The Morgan fingerprint density at radius 2 is 1.87 bits per heavy atom. The molecule has 156 valence electrons. The predicted molar refractivity (Wildman–Crippen MR) is 123 cm³/mol. The normalized spacial score (nSPS) is 14.1. The highest BCUT2D eigenvalue weighted by atomic mass is 35.5. The van der Waals surface area contributed by atoms with Crippen molar-refractivity contribution >= 4 is 46.9 Å². The maximum absolute atomic E-state index is 13.9. The molecule has 7 heteroatoms. The Morgan fingerprint density at radius 1 is 1.10 bits per heavy atom. The fourth-order valence-electron chi connectivity index (χ4n) is 3.11. The maximum Gasteiger partial charge on any atom is 0.262 e. The highest BCUT2D eigenvalue weighted by molar-refractivity contribution is 8.04. The van der Waals surface area contributed by atoms with Crippen LogP contribution in [0.2, 0.25) is 5.02 Å². The first-order chi connectivity index (χ1) is 15.0. The number of rotatable bonds is 5. The SMILES string of the molecule is O=C1Nc2cc(C(=O)NCCc3ccc(Cl)cc3)ccc2S/C1=C/c1ccccc1F. The lowest BCUT2D eigenvalue weighted by atomic mass is 10.1. The molecule has 0 fully saturated rings. The van der Waals surface area contributed by atoms with Crippen LogP contribution < -0.4 is 10.6 Å². The minimum atomic E-state index is -0.389. The molecule has 0 spiro atoms. The van der Waals surface area contributed by atoms with Gasteiger partial charge in [-0.1, -0.05) is 53.7 Å². The number of halogens is 2. The van der Waals surface area contributed by atoms with Crippen LogP contribution in [0.4, 0.5) is 10.1 Å². The molecule has 0 saturated carbocycles. The molecule has 1 aliphatic heterocycles. The molecule has 0 unspecified atom stereocenters. The highest BCUT2D eigenvalue weighted by Gasteiger charge is 2.22. The zero-order valence-corrected chi connectivity index (χ0v) is 17.9. The van der Waals surface area contributed by atoms with Crippen molar-refractivity contribution in [1.82, 2.24) is 5.32 Å². The van der Waals surface area contributed by atoms with Crippen molar-refractivity contribution in [3.63, 3.8) is 0 Å². The molecule has 0 atom stereocenters. The van der Waals surface area contributed by atoms with Gasteiger partial charge in [0.05, 0.1) is 10.6 Å². The topological polar surface area (TPSA) is 58.2 Å². The van der Waals surface area contributed by atoms with E-state index in [4.69, 9.17) is 11.6 Å². The number of thioether (sulfide) groups is 1. The first-order valence-corrected chi connectivity index (χ1v) is 10.8. The van der Waals surface area contributed by atoms with E-state index in [-0.39, 0.29) is 17.6 Å². The van der Waals surface area contributed by atoms with Gasteiger partial charge in [-0.2, -0.15) is 0 Å². The summed E-state index contributed by atoms with van der Waals surface area (Å²) in [6, 6.07) is 18.9. The van der Waals surface area contributed by atoms with E-state index in [1.165, 1.54) is 23.9 Å². The third kappa shape index (κ3) is 5.16. The second-order valence-electron chi connectivity index (χ2n) is 6.93. The summed E-state index contributed by atoms with van der Waals surface area (Å²) in [6.07, 6.45) is 2.21. The Balaban J connectivity index is 1.42. The van der Waals surface area contributed by atoms with Gasteiger partial charge >= 0.3 is 0 Å². The average Bonchev–Trinajstić information content (AvgIpc) is 2.76. The van der Waals surface area contributed by atoms with Gasteiger partial charge < -0.3 is 10.6 Å². The van der Waals surface area contributed by atoms with E-state index >= 15 is 0 Å². The van der Waals surface area contributed by atoms with Crippen LogP contribution in [0.5, 0.6) is 0 Å². The van der Waals surface area contributed by atoms with Gasteiger partial charge in [-0.25, -0.2) is 4.39 Å². The number of fused-ring (bicyclic) bond motifs is 1. The Labute approximate surface area is 188 Å². The highest BCUT2D eigenvalue weighted by Crippen LogP contribution is 2.39. The molecule has 0 aromatic heterocycles. The standard InChI is InChI=1S/C24H18ClFN2O2S/c25-18-8-5-15(6-9-18)11-12-27-23(29)17-7-10-21-20(13-17)28-24(30)22(31-21)14-16-3-1-2-4-19(16)26/h1-10,13-14H,11-12H2,(H,27,29)(H,28,30)/b22-14+. The molecule has 2 amide bonds. The zero-order chi connectivity index (χ0) is 21.8. The number of carbonyl (C=O) groups is 2. The molecule has 1 heterocycles. The van der Waals surface area contributed by atoms with E-state index in [0.29, 0.717) is 39.7 Å². The van der Waals surface area contributed by atoms with Gasteiger partial charge in [-0.15, -0.1) is 0 Å². The number of hydrogen-bond acceptors (Lipinski definition) is 3.